The Balaban J connectivity index is 2.33. The first-order chi connectivity index (χ1) is 8.54. The summed E-state index contributed by atoms with van der Waals surface area (Å²) in [7, 11) is 0. The first kappa shape index (κ1) is 14.0. The lowest BCUT2D eigenvalue weighted by Crippen LogP contribution is -2.24. The topological polar surface area (TPSA) is 60.7 Å². The zero-order valence-corrected chi connectivity index (χ0v) is 11.5. The van der Waals surface area contributed by atoms with E-state index in [9.17, 15) is 15.3 Å². The van der Waals surface area contributed by atoms with Gasteiger partial charge in [-0.1, -0.05) is 25.5 Å². The van der Waals surface area contributed by atoms with E-state index in [0.717, 1.165) is 19.3 Å². The smallest absolute Gasteiger partial charge is 0.0519 e. The molecule has 104 valence electrons. The predicted octanol–water partition coefficient (Wildman–Crippen LogP) is 1.58. The quantitative estimate of drug-likeness (QED) is 0.670. The van der Waals surface area contributed by atoms with Gasteiger partial charge < -0.3 is 15.3 Å². The summed E-state index contributed by atoms with van der Waals surface area (Å²) in [6.45, 7) is 4.78. The Morgan fingerprint density at radius 3 is 2.50 bits per heavy atom. The largest absolute Gasteiger partial charge is 0.396 e. The number of aliphatic hydroxyl groups excluding tert-OH is 3. The summed E-state index contributed by atoms with van der Waals surface area (Å²) >= 11 is 0. The van der Waals surface area contributed by atoms with Crippen LogP contribution >= 0.6 is 0 Å². The Kier molecular flexibility index (Phi) is 4.15. The Hall–Kier alpha value is -0.380. The number of fused-ring (bicyclic) bond motifs is 1. The third kappa shape index (κ3) is 2.36. The van der Waals surface area contributed by atoms with Gasteiger partial charge in [-0.2, -0.15) is 0 Å². The van der Waals surface area contributed by atoms with Crippen molar-refractivity contribution in [3.8, 4) is 0 Å². The van der Waals surface area contributed by atoms with Gasteiger partial charge in [0.1, 0.15) is 0 Å². The minimum absolute atomic E-state index is 0.0818. The molecule has 0 bridgehead atoms. The van der Waals surface area contributed by atoms with E-state index in [1.165, 1.54) is 5.57 Å². The molecule has 18 heavy (non-hydrogen) atoms. The van der Waals surface area contributed by atoms with Crippen LogP contribution in [0.5, 0.6) is 0 Å². The highest BCUT2D eigenvalue weighted by Gasteiger charge is 2.43. The summed E-state index contributed by atoms with van der Waals surface area (Å²) in [6.07, 6.45) is 5.26. The van der Waals surface area contributed by atoms with Crippen LogP contribution in [0.15, 0.2) is 11.6 Å². The molecule has 3 N–H and O–H groups in total. The van der Waals surface area contributed by atoms with Crippen LogP contribution in [-0.2, 0) is 0 Å². The molecule has 0 aromatic heterocycles. The molecular weight excluding hydrogens is 228 g/mol. The van der Waals surface area contributed by atoms with Gasteiger partial charge in [0.05, 0.1) is 6.61 Å². The van der Waals surface area contributed by atoms with Crippen LogP contribution in [0.4, 0.5) is 0 Å². The van der Waals surface area contributed by atoms with Crippen LogP contribution in [0.1, 0.15) is 33.1 Å². The van der Waals surface area contributed by atoms with Crippen molar-refractivity contribution in [2.45, 2.75) is 33.1 Å². The molecule has 0 heterocycles. The molecule has 0 aliphatic heterocycles. The van der Waals surface area contributed by atoms with E-state index in [4.69, 9.17) is 0 Å². The van der Waals surface area contributed by atoms with Crippen LogP contribution in [0.25, 0.3) is 0 Å². The molecule has 0 radical (unpaired) electrons. The summed E-state index contributed by atoms with van der Waals surface area (Å²) in [5.74, 6) is 1.30. The molecular formula is C15H26O3. The van der Waals surface area contributed by atoms with Crippen molar-refractivity contribution < 1.29 is 15.3 Å². The maximum atomic E-state index is 9.68. The molecule has 2 rings (SSSR count). The molecule has 0 aromatic rings. The summed E-state index contributed by atoms with van der Waals surface area (Å²) in [6, 6.07) is 0. The van der Waals surface area contributed by atoms with Gasteiger partial charge in [-0.15, -0.1) is 0 Å². The molecule has 3 heteroatoms. The second-order valence-corrected chi connectivity index (χ2v) is 6.55. The van der Waals surface area contributed by atoms with Crippen LogP contribution in [0, 0.1) is 29.1 Å². The average molecular weight is 254 g/mol. The summed E-state index contributed by atoms with van der Waals surface area (Å²) in [4.78, 5) is 0. The van der Waals surface area contributed by atoms with Crippen LogP contribution in [0.3, 0.4) is 0 Å². The molecule has 2 aliphatic rings. The molecule has 0 saturated heterocycles. The van der Waals surface area contributed by atoms with Gasteiger partial charge >= 0.3 is 0 Å². The third-order valence-corrected chi connectivity index (χ3v) is 5.10. The van der Waals surface area contributed by atoms with Gasteiger partial charge in [-0.3, -0.25) is 0 Å². The van der Waals surface area contributed by atoms with Gasteiger partial charge in [0.15, 0.2) is 0 Å². The normalized spacial score (nSPS) is 44.4. The minimum atomic E-state index is -0.140. The number of rotatable bonds is 3. The summed E-state index contributed by atoms with van der Waals surface area (Å²) < 4.78 is 0. The SMILES string of the molecule is C[C@H]1CC[C@H](CO)[C@H](CO)C2=C[C@@](C)(CO)C[C@H]21. The van der Waals surface area contributed by atoms with Crippen molar-refractivity contribution in [1.82, 2.24) is 0 Å². The molecule has 1 saturated carbocycles. The van der Waals surface area contributed by atoms with Gasteiger partial charge in [-0.05, 0) is 37.0 Å². The molecule has 1 fully saturated rings. The average Bonchev–Trinajstić information content (AvgIpc) is 2.67. The van der Waals surface area contributed by atoms with Gasteiger partial charge in [0, 0.05) is 24.5 Å². The molecule has 0 aromatic carbocycles. The summed E-state index contributed by atoms with van der Waals surface area (Å²) in [5.41, 5.74) is 1.15. The first-order valence-electron chi connectivity index (χ1n) is 7.10. The zero-order valence-electron chi connectivity index (χ0n) is 11.5. The van der Waals surface area contributed by atoms with E-state index in [1.807, 2.05) is 0 Å². The van der Waals surface area contributed by atoms with Crippen molar-refractivity contribution in [3.05, 3.63) is 11.6 Å². The fourth-order valence-electron chi connectivity index (χ4n) is 3.83. The van der Waals surface area contributed by atoms with Crippen LogP contribution in [-0.4, -0.2) is 35.1 Å². The highest BCUT2D eigenvalue weighted by molar-refractivity contribution is 5.25. The van der Waals surface area contributed by atoms with Crippen molar-refractivity contribution >= 4 is 0 Å². The minimum Gasteiger partial charge on any atom is -0.396 e. The lowest BCUT2D eigenvalue weighted by atomic mass is 9.80. The van der Waals surface area contributed by atoms with E-state index < -0.39 is 0 Å². The van der Waals surface area contributed by atoms with E-state index in [-0.39, 0.29) is 37.1 Å². The fraction of sp³-hybridized carbons (Fsp3) is 0.867. The highest BCUT2D eigenvalue weighted by atomic mass is 16.3. The molecule has 3 nitrogen and oxygen atoms in total. The second kappa shape index (κ2) is 5.32. The van der Waals surface area contributed by atoms with Crippen molar-refractivity contribution in [1.29, 1.82) is 0 Å². The third-order valence-electron chi connectivity index (χ3n) is 5.10. The number of aliphatic hydroxyl groups is 3. The standard InChI is InChI=1S/C15H26O3/c1-10-3-4-11(7-16)14(8-17)13-6-15(2,9-18)5-12(10)13/h6,10-12,14,16-18H,3-5,7-9H2,1-2H3/t10-,11+,12-,14-,15-/m0/s1. The Morgan fingerprint density at radius 2 is 1.94 bits per heavy atom. The maximum absolute atomic E-state index is 9.68. The van der Waals surface area contributed by atoms with Crippen LogP contribution in [0.2, 0.25) is 0 Å². The van der Waals surface area contributed by atoms with Crippen molar-refractivity contribution in [2.75, 3.05) is 19.8 Å². The highest BCUT2D eigenvalue weighted by Crippen LogP contribution is 2.50. The fourth-order valence-corrected chi connectivity index (χ4v) is 3.83. The first-order valence-corrected chi connectivity index (χ1v) is 7.10. The predicted molar refractivity (Wildman–Crippen MR) is 70.9 cm³/mol. The maximum Gasteiger partial charge on any atom is 0.0519 e. The van der Waals surface area contributed by atoms with E-state index in [2.05, 4.69) is 19.9 Å². The van der Waals surface area contributed by atoms with Gasteiger partial charge in [0.25, 0.3) is 0 Å². The van der Waals surface area contributed by atoms with E-state index >= 15 is 0 Å². The summed E-state index contributed by atoms with van der Waals surface area (Å²) in [5, 5.41) is 28.8. The van der Waals surface area contributed by atoms with Gasteiger partial charge in [0.2, 0.25) is 0 Å². The Labute approximate surface area is 110 Å². The lowest BCUT2D eigenvalue weighted by molar-refractivity contribution is 0.134. The molecule has 2 aliphatic carbocycles. The molecule has 0 spiro atoms. The molecule has 0 amide bonds. The van der Waals surface area contributed by atoms with Gasteiger partial charge in [-0.25, -0.2) is 0 Å². The Morgan fingerprint density at radius 1 is 1.22 bits per heavy atom. The van der Waals surface area contributed by atoms with E-state index in [1.54, 1.807) is 0 Å². The zero-order chi connectivity index (χ0) is 13.3. The number of hydrogen-bond donors (Lipinski definition) is 3. The second-order valence-electron chi connectivity index (χ2n) is 6.55. The van der Waals surface area contributed by atoms with E-state index in [0.29, 0.717) is 11.8 Å². The van der Waals surface area contributed by atoms with Crippen molar-refractivity contribution in [3.63, 3.8) is 0 Å². The van der Waals surface area contributed by atoms with Crippen LogP contribution < -0.4 is 0 Å². The molecule has 5 atom stereocenters. The van der Waals surface area contributed by atoms with Crippen molar-refractivity contribution in [2.24, 2.45) is 29.1 Å². The Bertz CT molecular complexity index is 326. The molecule has 0 unspecified atom stereocenters. The number of hydrogen-bond acceptors (Lipinski definition) is 3. The monoisotopic (exact) mass is 254 g/mol. The lowest BCUT2D eigenvalue weighted by Gasteiger charge is -2.26.